The van der Waals surface area contributed by atoms with Crippen molar-refractivity contribution in [1.29, 1.82) is 0 Å². The second kappa shape index (κ2) is 13.1. The average Bonchev–Trinajstić information content (AvgIpc) is 3.62. The number of anilines is 1. The summed E-state index contributed by atoms with van der Waals surface area (Å²) in [6.07, 6.45) is 5.98. The molecule has 0 amide bonds. The largest absolute Gasteiger partial charge is 0.368 e. The minimum Gasteiger partial charge on any atom is -0.368 e. The van der Waals surface area contributed by atoms with Crippen LogP contribution in [0.3, 0.4) is 0 Å². The summed E-state index contributed by atoms with van der Waals surface area (Å²) in [4.78, 5) is 12.6. The summed E-state index contributed by atoms with van der Waals surface area (Å²) in [6, 6.07) is 23.5. The minimum atomic E-state index is -4.02. The van der Waals surface area contributed by atoms with Gasteiger partial charge in [0.15, 0.2) is 0 Å². The summed E-state index contributed by atoms with van der Waals surface area (Å²) >= 11 is 0. The molecule has 2 atom stereocenters. The normalized spacial score (nSPS) is 17.8. The summed E-state index contributed by atoms with van der Waals surface area (Å²) < 4.78 is 59.1. The Morgan fingerprint density at radius 1 is 0.778 bits per heavy atom. The molecule has 2 aromatic heterocycles. The molecule has 0 aliphatic carbocycles. The van der Waals surface area contributed by atoms with Gasteiger partial charge in [0.2, 0.25) is 0 Å². The summed E-state index contributed by atoms with van der Waals surface area (Å²) in [6.45, 7) is 7.20. The fraction of sp³-hybridized carbons (Fsp3) is 0.242. The highest BCUT2D eigenvalue weighted by Crippen LogP contribution is 2.35. The van der Waals surface area contributed by atoms with E-state index in [-0.39, 0.29) is 9.79 Å². The van der Waals surface area contributed by atoms with Gasteiger partial charge in [-0.3, -0.25) is 14.1 Å². The maximum Gasteiger partial charge on any atom is 0.294 e. The lowest BCUT2D eigenvalue weighted by Gasteiger charge is -2.40. The number of rotatable bonds is 4. The molecule has 0 saturated carbocycles. The first-order valence-electron chi connectivity index (χ1n) is 14.3. The van der Waals surface area contributed by atoms with E-state index in [4.69, 9.17) is 9.11 Å². The molecule has 4 heterocycles. The van der Waals surface area contributed by atoms with E-state index >= 15 is 0 Å². The maximum absolute atomic E-state index is 10.5. The van der Waals surface area contributed by atoms with E-state index in [9.17, 15) is 16.8 Å². The Hall–Kier alpha value is -4.07. The number of likely N-dealkylation sites (tertiary alicyclic amines) is 1. The van der Waals surface area contributed by atoms with Crippen molar-refractivity contribution >= 4 is 36.8 Å². The molecule has 45 heavy (non-hydrogen) atoms. The Balaban J connectivity index is 0.000000153. The van der Waals surface area contributed by atoms with Gasteiger partial charge in [-0.2, -0.15) is 16.8 Å². The van der Waals surface area contributed by atoms with Crippen molar-refractivity contribution in [3.8, 4) is 11.1 Å². The number of pyridine rings is 1. The Kier molecular flexibility index (Phi) is 9.42. The van der Waals surface area contributed by atoms with Crippen LogP contribution >= 0.6 is 0 Å². The number of hydrogen-bond donors (Lipinski definition) is 3. The molecule has 5 aromatic rings. The number of hydrogen-bond acceptors (Lipinski definition) is 7. The van der Waals surface area contributed by atoms with Crippen LogP contribution in [-0.2, 0) is 20.2 Å². The van der Waals surface area contributed by atoms with Gasteiger partial charge in [0.25, 0.3) is 20.2 Å². The van der Waals surface area contributed by atoms with Gasteiger partial charge in [-0.1, -0.05) is 47.5 Å². The molecular formula is C33H36N4O6S2. The lowest BCUT2D eigenvalue weighted by molar-refractivity contribution is 0.0827. The number of H-pyrrole nitrogens is 1. The molecule has 7 rings (SSSR count). The first kappa shape index (κ1) is 32.3. The number of benzene rings is 3. The lowest BCUT2D eigenvalue weighted by atomic mass is 9.93. The number of fused-ring (bicyclic) bond motifs is 2. The van der Waals surface area contributed by atoms with Crippen LogP contribution in [0.1, 0.15) is 11.1 Å². The minimum absolute atomic E-state index is 0.0666. The smallest absolute Gasteiger partial charge is 0.294 e. The van der Waals surface area contributed by atoms with Gasteiger partial charge < -0.3 is 14.8 Å². The quantitative estimate of drug-likeness (QED) is 0.216. The third-order valence-electron chi connectivity index (χ3n) is 8.13. The topological polar surface area (TPSA) is 144 Å². The van der Waals surface area contributed by atoms with E-state index < -0.39 is 20.2 Å². The Morgan fingerprint density at radius 2 is 1.38 bits per heavy atom. The maximum atomic E-state index is 10.5. The van der Waals surface area contributed by atoms with E-state index in [1.807, 2.05) is 32.4 Å². The highest BCUT2D eigenvalue weighted by Gasteiger charge is 2.43. The van der Waals surface area contributed by atoms with Crippen LogP contribution in [0.5, 0.6) is 0 Å². The molecule has 0 bridgehead atoms. The molecule has 2 aliphatic rings. The predicted octanol–water partition coefficient (Wildman–Crippen LogP) is 5.46. The SMILES string of the molecule is CN1C[C@H]2CN(c3cncc(-c4cccc5[nH]ccc45)c3)C[C@H]21.Cc1ccc(S(=O)(=O)O)cc1.Cc1ccc(S(=O)(=O)O)cc1. The third-order valence-corrected chi connectivity index (χ3v) is 9.86. The monoisotopic (exact) mass is 648 g/mol. The number of nitrogens with zero attached hydrogens (tertiary/aromatic N) is 3. The van der Waals surface area contributed by atoms with Crippen molar-refractivity contribution in [3.63, 3.8) is 0 Å². The van der Waals surface area contributed by atoms with Crippen LogP contribution in [0.15, 0.2) is 107 Å². The molecule has 12 heteroatoms. The van der Waals surface area contributed by atoms with E-state index in [0.29, 0.717) is 0 Å². The average molecular weight is 649 g/mol. The number of nitrogens with one attached hydrogen (secondary N) is 1. The summed E-state index contributed by atoms with van der Waals surface area (Å²) in [5.74, 6) is 0.830. The number of aromatic amines is 1. The van der Waals surface area contributed by atoms with Crippen molar-refractivity contribution < 1.29 is 25.9 Å². The third kappa shape index (κ3) is 7.78. The molecular weight excluding hydrogens is 613 g/mol. The molecule has 3 aromatic carbocycles. The molecule has 2 aliphatic heterocycles. The summed E-state index contributed by atoms with van der Waals surface area (Å²) in [7, 11) is -5.81. The standard InChI is InChI=1S/C19H20N4.2C7H8O3S/c1-22-10-14-11-23(12-19(14)22)15-7-13(8-20-9-15)16-3-2-4-18-17(16)5-6-21-18;2*1-6-2-4-7(5-3-6)11(8,9)10/h2-9,14,19,21H,10-12H2,1H3;2*2-5H,1H3,(H,8,9,10)/t14-,19+;;/m0../s1. The van der Waals surface area contributed by atoms with Gasteiger partial charge in [0.05, 0.1) is 21.7 Å². The van der Waals surface area contributed by atoms with Crippen molar-refractivity contribution in [2.75, 3.05) is 31.6 Å². The summed E-state index contributed by atoms with van der Waals surface area (Å²) in [5, 5.41) is 1.26. The Labute approximate surface area is 263 Å². The predicted molar refractivity (Wildman–Crippen MR) is 176 cm³/mol. The molecule has 2 saturated heterocycles. The van der Waals surface area contributed by atoms with Crippen molar-refractivity contribution in [2.45, 2.75) is 29.7 Å². The van der Waals surface area contributed by atoms with Crippen molar-refractivity contribution in [1.82, 2.24) is 14.9 Å². The first-order valence-corrected chi connectivity index (χ1v) is 17.2. The van der Waals surface area contributed by atoms with Crippen molar-refractivity contribution in [2.24, 2.45) is 5.92 Å². The number of aromatic nitrogens is 2. The highest BCUT2D eigenvalue weighted by atomic mass is 32.2. The molecule has 0 unspecified atom stereocenters. The number of aryl methyl sites for hydroxylation is 2. The van der Waals surface area contributed by atoms with Crippen LogP contribution in [-0.4, -0.2) is 73.5 Å². The van der Waals surface area contributed by atoms with Gasteiger partial charge in [0, 0.05) is 60.5 Å². The fourth-order valence-corrected chi connectivity index (χ4v) is 6.58. The first-order chi connectivity index (χ1) is 21.3. The summed E-state index contributed by atoms with van der Waals surface area (Å²) in [5.41, 5.74) is 6.78. The van der Waals surface area contributed by atoms with Gasteiger partial charge in [-0.15, -0.1) is 0 Å². The van der Waals surface area contributed by atoms with Crippen LogP contribution in [0, 0.1) is 19.8 Å². The Bertz CT molecular complexity index is 1920. The van der Waals surface area contributed by atoms with Gasteiger partial charge in [-0.25, -0.2) is 0 Å². The molecule has 2 fully saturated rings. The van der Waals surface area contributed by atoms with Gasteiger partial charge >= 0.3 is 0 Å². The number of likely N-dealkylation sites (N-methyl/N-ethyl adjacent to an activating group) is 1. The molecule has 0 radical (unpaired) electrons. The molecule has 3 N–H and O–H groups in total. The second-order valence-corrected chi connectivity index (χ2v) is 14.3. The van der Waals surface area contributed by atoms with Crippen molar-refractivity contribution in [3.05, 3.63) is 109 Å². The zero-order valence-corrected chi connectivity index (χ0v) is 26.8. The zero-order chi connectivity index (χ0) is 32.4. The Morgan fingerprint density at radius 3 is 1.91 bits per heavy atom. The molecule has 236 valence electrons. The molecule has 10 nitrogen and oxygen atoms in total. The molecule has 0 spiro atoms. The van der Waals surface area contributed by atoms with E-state index in [2.05, 4.69) is 57.1 Å². The van der Waals surface area contributed by atoms with Gasteiger partial charge in [0.1, 0.15) is 0 Å². The van der Waals surface area contributed by atoms with E-state index in [1.165, 1.54) is 58.5 Å². The van der Waals surface area contributed by atoms with Crippen LogP contribution in [0.4, 0.5) is 5.69 Å². The van der Waals surface area contributed by atoms with Crippen LogP contribution in [0.25, 0.3) is 22.0 Å². The highest BCUT2D eigenvalue weighted by molar-refractivity contribution is 7.86. The lowest BCUT2D eigenvalue weighted by Crippen LogP contribution is -2.52. The van der Waals surface area contributed by atoms with E-state index in [1.54, 1.807) is 24.3 Å². The van der Waals surface area contributed by atoms with Gasteiger partial charge in [-0.05, 0) is 68.9 Å². The van der Waals surface area contributed by atoms with Crippen LogP contribution < -0.4 is 4.90 Å². The van der Waals surface area contributed by atoms with Crippen LogP contribution in [0.2, 0.25) is 0 Å². The zero-order valence-electron chi connectivity index (χ0n) is 25.2. The van der Waals surface area contributed by atoms with E-state index in [0.717, 1.165) is 36.2 Å². The fourth-order valence-electron chi connectivity index (χ4n) is 5.62. The second-order valence-electron chi connectivity index (χ2n) is 11.4.